The fourth-order valence-electron chi connectivity index (χ4n) is 2.18. The molecular weight excluding hydrogens is 375 g/mol. The van der Waals surface area contributed by atoms with Crippen LogP contribution in [0.1, 0.15) is 20.8 Å². The van der Waals surface area contributed by atoms with Crippen LogP contribution >= 0.6 is 0 Å². The standard InChI is InChI=1S/C14H19FN2O6S2/c1-14(2,3)23-13(18)17-7-10(8-17)24(19,20)12-5-4-9(6-11(12)15)25(16,21)22/h4-6,10H,7-8H2,1-3H3,(H2,16,21,22). The first kappa shape index (κ1) is 19.6. The third kappa shape index (κ3) is 4.28. The second kappa shape index (κ2) is 6.22. The Morgan fingerprint density at radius 1 is 1.24 bits per heavy atom. The van der Waals surface area contributed by atoms with Gasteiger partial charge in [0.05, 0.1) is 4.90 Å². The molecule has 1 fully saturated rings. The molecule has 2 rings (SSSR count). The molecule has 0 spiro atoms. The monoisotopic (exact) mass is 394 g/mol. The number of carbonyl (C=O) groups excluding carboxylic acids is 1. The van der Waals surface area contributed by atoms with Gasteiger partial charge in [-0.1, -0.05) is 0 Å². The van der Waals surface area contributed by atoms with Gasteiger partial charge in [-0.05, 0) is 39.0 Å². The zero-order valence-electron chi connectivity index (χ0n) is 13.9. The Labute approximate surface area is 145 Å². The summed E-state index contributed by atoms with van der Waals surface area (Å²) in [6.07, 6.45) is -0.649. The number of primary sulfonamides is 1. The minimum Gasteiger partial charge on any atom is -0.444 e. The Kier molecular flexibility index (Phi) is 4.88. The molecule has 2 N–H and O–H groups in total. The maximum Gasteiger partial charge on any atom is 0.410 e. The molecule has 11 heteroatoms. The topological polar surface area (TPSA) is 124 Å². The van der Waals surface area contributed by atoms with E-state index in [1.807, 2.05) is 0 Å². The number of ether oxygens (including phenoxy) is 1. The molecule has 1 aliphatic heterocycles. The second-order valence-electron chi connectivity index (χ2n) is 6.69. The van der Waals surface area contributed by atoms with Crippen LogP contribution in [0.5, 0.6) is 0 Å². The quantitative estimate of drug-likeness (QED) is 0.811. The molecule has 1 heterocycles. The first-order chi connectivity index (χ1) is 11.2. The number of sulfonamides is 1. The lowest BCUT2D eigenvalue weighted by molar-refractivity contribution is 0.0139. The average molecular weight is 394 g/mol. The van der Waals surface area contributed by atoms with E-state index in [1.165, 1.54) is 4.90 Å². The van der Waals surface area contributed by atoms with Crippen molar-refractivity contribution in [1.82, 2.24) is 4.90 Å². The third-order valence-electron chi connectivity index (χ3n) is 3.48. The lowest BCUT2D eigenvalue weighted by Crippen LogP contribution is -2.57. The highest BCUT2D eigenvalue weighted by Gasteiger charge is 2.43. The predicted molar refractivity (Wildman–Crippen MR) is 86.6 cm³/mol. The van der Waals surface area contributed by atoms with Gasteiger partial charge < -0.3 is 9.64 Å². The predicted octanol–water partition coefficient (Wildman–Crippen LogP) is 0.866. The molecule has 1 saturated heterocycles. The molecule has 0 aliphatic carbocycles. The summed E-state index contributed by atoms with van der Waals surface area (Å²) in [6, 6.07) is 2.35. The first-order valence-electron chi connectivity index (χ1n) is 7.26. The molecule has 0 unspecified atom stereocenters. The van der Waals surface area contributed by atoms with Crippen LogP contribution in [0.2, 0.25) is 0 Å². The lowest BCUT2D eigenvalue weighted by atomic mass is 10.2. The van der Waals surface area contributed by atoms with Crippen molar-refractivity contribution in [2.24, 2.45) is 5.14 Å². The number of rotatable bonds is 3. The number of likely N-dealkylation sites (tertiary alicyclic amines) is 1. The van der Waals surface area contributed by atoms with Crippen molar-refractivity contribution in [3.8, 4) is 0 Å². The number of carbonyl (C=O) groups is 1. The summed E-state index contributed by atoms with van der Waals surface area (Å²) in [5.74, 6) is -1.21. The highest BCUT2D eigenvalue weighted by atomic mass is 32.2. The number of halogens is 1. The molecule has 0 radical (unpaired) electrons. The maximum absolute atomic E-state index is 14.1. The third-order valence-corrected chi connectivity index (χ3v) is 6.51. The van der Waals surface area contributed by atoms with Gasteiger partial charge in [-0.15, -0.1) is 0 Å². The molecule has 25 heavy (non-hydrogen) atoms. The van der Waals surface area contributed by atoms with E-state index in [9.17, 15) is 26.0 Å². The summed E-state index contributed by atoms with van der Waals surface area (Å²) < 4.78 is 66.5. The zero-order valence-corrected chi connectivity index (χ0v) is 15.5. The molecule has 1 amide bonds. The van der Waals surface area contributed by atoms with Crippen LogP contribution in [-0.2, 0) is 24.6 Å². The van der Waals surface area contributed by atoms with Crippen LogP contribution in [0.25, 0.3) is 0 Å². The minimum absolute atomic E-state index is 0.131. The van der Waals surface area contributed by atoms with Gasteiger partial charge in [0.25, 0.3) is 0 Å². The molecule has 1 aromatic rings. The molecule has 0 bridgehead atoms. The Bertz CT molecular complexity index is 900. The largest absolute Gasteiger partial charge is 0.444 e. The van der Waals surface area contributed by atoms with Crippen LogP contribution in [0.15, 0.2) is 28.0 Å². The van der Waals surface area contributed by atoms with Crippen molar-refractivity contribution >= 4 is 26.0 Å². The van der Waals surface area contributed by atoms with Gasteiger partial charge in [-0.3, -0.25) is 0 Å². The Balaban J connectivity index is 2.16. The summed E-state index contributed by atoms with van der Waals surface area (Å²) in [5.41, 5.74) is -0.712. The van der Waals surface area contributed by atoms with Gasteiger partial charge >= 0.3 is 6.09 Å². The van der Waals surface area contributed by atoms with E-state index in [-0.39, 0.29) is 13.1 Å². The van der Waals surface area contributed by atoms with Gasteiger partial charge in [0, 0.05) is 13.1 Å². The minimum atomic E-state index is -4.14. The van der Waals surface area contributed by atoms with Gasteiger partial charge in [0.1, 0.15) is 21.6 Å². The number of sulfone groups is 1. The molecular formula is C14H19FN2O6S2. The van der Waals surface area contributed by atoms with Gasteiger partial charge in [-0.25, -0.2) is 31.2 Å². The molecule has 0 aromatic heterocycles. The SMILES string of the molecule is CC(C)(C)OC(=O)N1CC(S(=O)(=O)c2ccc(S(N)(=O)=O)cc2F)C1. The summed E-state index contributed by atoms with van der Waals surface area (Å²) >= 11 is 0. The number of nitrogens with zero attached hydrogens (tertiary/aromatic N) is 1. The van der Waals surface area contributed by atoms with Crippen molar-refractivity contribution in [1.29, 1.82) is 0 Å². The van der Waals surface area contributed by atoms with Crippen molar-refractivity contribution in [3.63, 3.8) is 0 Å². The smallest absolute Gasteiger partial charge is 0.410 e. The van der Waals surface area contributed by atoms with Gasteiger partial charge in [0.15, 0.2) is 9.84 Å². The molecule has 140 valence electrons. The number of amides is 1. The molecule has 1 aromatic carbocycles. The number of hydrogen-bond acceptors (Lipinski definition) is 6. The summed E-state index contributed by atoms with van der Waals surface area (Å²) in [6.45, 7) is 4.78. The van der Waals surface area contributed by atoms with E-state index in [0.717, 1.165) is 12.1 Å². The summed E-state index contributed by atoms with van der Waals surface area (Å²) in [4.78, 5) is 11.9. The lowest BCUT2D eigenvalue weighted by Gasteiger charge is -2.39. The highest BCUT2D eigenvalue weighted by Crippen LogP contribution is 2.28. The van der Waals surface area contributed by atoms with Gasteiger partial charge in [0.2, 0.25) is 10.0 Å². The van der Waals surface area contributed by atoms with E-state index >= 15 is 0 Å². The Morgan fingerprint density at radius 3 is 2.24 bits per heavy atom. The molecule has 0 atom stereocenters. The van der Waals surface area contributed by atoms with Crippen LogP contribution in [0.3, 0.4) is 0 Å². The fourth-order valence-corrected chi connectivity index (χ4v) is 4.40. The van der Waals surface area contributed by atoms with E-state index in [2.05, 4.69) is 0 Å². The van der Waals surface area contributed by atoms with E-state index in [0.29, 0.717) is 6.07 Å². The molecule has 0 saturated carbocycles. The van der Waals surface area contributed by atoms with E-state index in [1.54, 1.807) is 20.8 Å². The highest BCUT2D eigenvalue weighted by molar-refractivity contribution is 7.92. The van der Waals surface area contributed by atoms with Crippen LogP contribution in [0.4, 0.5) is 9.18 Å². The first-order valence-corrected chi connectivity index (χ1v) is 10.4. The Morgan fingerprint density at radius 2 is 1.80 bits per heavy atom. The fraction of sp³-hybridized carbons (Fsp3) is 0.500. The van der Waals surface area contributed by atoms with Crippen molar-refractivity contribution in [2.45, 2.75) is 41.4 Å². The van der Waals surface area contributed by atoms with Crippen molar-refractivity contribution in [3.05, 3.63) is 24.0 Å². The van der Waals surface area contributed by atoms with Crippen molar-refractivity contribution < 1.29 is 30.8 Å². The number of benzene rings is 1. The van der Waals surface area contributed by atoms with E-state index < -0.39 is 52.4 Å². The number of nitrogens with two attached hydrogens (primary N) is 1. The summed E-state index contributed by atoms with van der Waals surface area (Å²) in [7, 11) is -8.21. The summed E-state index contributed by atoms with van der Waals surface area (Å²) in [5, 5.41) is 3.89. The van der Waals surface area contributed by atoms with E-state index in [4.69, 9.17) is 9.88 Å². The maximum atomic E-state index is 14.1. The molecule has 8 nitrogen and oxygen atoms in total. The van der Waals surface area contributed by atoms with Crippen LogP contribution in [0, 0.1) is 5.82 Å². The molecule has 1 aliphatic rings. The normalized spacial score (nSPS) is 16.4. The van der Waals surface area contributed by atoms with Crippen LogP contribution in [-0.4, -0.2) is 51.8 Å². The second-order valence-corrected chi connectivity index (χ2v) is 10.4. The Hall–Kier alpha value is -1.72. The van der Waals surface area contributed by atoms with Crippen LogP contribution < -0.4 is 5.14 Å². The van der Waals surface area contributed by atoms with Crippen molar-refractivity contribution in [2.75, 3.05) is 13.1 Å². The van der Waals surface area contributed by atoms with Gasteiger partial charge in [-0.2, -0.15) is 0 Å². The average Bonchev–Trinajstić information content (AvgIpc) is 2.32. The number of hydrogen-bond donors (Lipinski definition) is 1. The zero-order chi connectivity index (χ0) is 19.2.